The third kappa shape index (κ3) is 3.94. The zero-order chi connectivity index (χ0) is 29.0. The SMILES string of the molecule is CC1(C)CCN2CCC(C)(C)c3c4c(cc1c32)C=c1cc2c3c(c1O4)C(C)(C)CC[N+]=3CCC2(C)C.O=[N+]([O-])[O-]. The monoisotopic (exact) mass is 545 g/mol. The first-order valence-corrected chi connectivity index (χ1v) is 14.8. The maximum atomic E-state index is 8.25. The summed E-state index contributed by atoms with van der Waals surface area (Å²) >= 11 is 0. The van der Waals surface area contributed by atoms with Crippen LogP contribution < -0.4 is 24.8 Å². The summed E-state index contributed by atoms with van der Waals surface area (Å²) < 4.78 is 9.90. The Kier molecular flexibility index (Phi) is 5.73. The number of fused-ring (bicyclic) bond motifs is 4. The number of hydrogen-bond acceptors (Lipinski definition) is 5. The quantitative estimate of drug-likeness (QED) is 0.215. The van der Waals surface area contributed by atoms with Crippen molar-refractivity contribution in [1.82, 2.24) is 4.58 Å². The van der Waals surface area contributed by atoms with Gasteiger partial charge in [0.1, 0.15) is 24.6 Å². The van der Waals surface area contributed by atoms with Crippen LogP contribution in [-0.4, -0.2) is 31.3 Å². The molecule has 0 unspecified atom stereocenters. The van der Waals surface area contributed by atoms with Crippen LogP contribution in [0, 0.1) is 15.3 Å². The smallest absolute Gasteiger partial charge is 0.211 e. The molecule has 0 bridgehead atoms. The average Bonchev–Trinajstić information content (AvgIpc) is 2.83. The van der Waals surface area contributed by atoms with Crippen molar-refractivity contribution in [2.75, 3.05) is 31.1 Å². The molecular weight excluding hydrogens is 502 g/mol. The highest BCUT2D eigenvalue weighted by Crippen LogP contribution is 2.55. The van der Waals surface area contributed by atoms with E-state index in [0.29, 0.717) is 0 Å². The lowest BCUT2D eigenvalue weighted by Gasteiger charge is -2.49. The van der Waals surface area contributed by atoms with E-state index in [1.54, 1.807) is 0 Å². The molecule has 7 nitrogen and oxygen atoms in total. The van der Waals surface area contributed by atoms with Gasteiger partial charge in [-0.1, -0.05) is 55.4 Å². The van der Waals surface area contributed by atoms with Gasteiger partial charge in [0.05, 0.1) is 10.7 Å². The zero-order valence-electron chi connectivity index (χ0n) is 25.4. The van der Waals surface area contributed by atoms with E-state index in [1.165, 1.54) is 69.8 Å². The van der Waals surface area contributed by atoms with E-state index in [0.717, 1.165) is 37.7 Å². The zero-order valence-corrected chi connectivity index (χ0v) is 25.4. The third-order valence-corrected chi connectivity index (χ3v) is 10.5. The lowest BCUT2D eigenvalue weighted by atomic mass is 9.68. The molecule has 0 saturated heterocycles. The van der Waals surface area contributed by atoms with Crippen LogP contribution >= 0.6 is 0 Å². The summed E-state index contributed by atoms with van der Waals surface area (Å²) in [6.07, 6.45) is 7.26. The highest BCUT2D eigenvalue weighted by molar-refractivity contribution is 5.79. The van der Waals surface area contributed by atoms with Crippen molar-refractivity contribution < 1.29 is 9.82 Å². The van der Waals surface area contributed by atoms with Crippen LogP contribution in [-0.2, 0) is 21.7 Å². The van der Waals surface area contributed by atoms with E-state index >= 15 is 0 Å². The topological polar surface area (TPSA) is 81.7 Å². The van der Waals surface area contributed by atoms with Gasteiger partial charge in [-0.15, -0.1) is 0 Å². The summed E-state index contributed by atoms with van der Waals surface area (Å²) in [7, 11) is 0. The maximum Gasteiger partial charge on any atom is 0.211 e. The molecule has 0 spiro atoms. The molecule has 7 heteroatoms. The molecule has 0 amide bonds. The summed E-state index contributed by atoms with van der Waals surface area (Å²) in [6, 6.07) is 4.97. The second kappa shape index (κ2) is 8.46. The Hall–Kier alpha value is -3.09. The lowest BCUT2D eigenvalue weighted by molar-refractivity contribution is -0.402. The largest absolute Gasteiger partial charge is 0.455 e. The molecule has 2 aromatic carbocycles. The van der Waals surface area contributed by atoms with Gasteiger partial charge in [-0.2, -0.15) is 0 Å². The highest BCUT2D eigenvalue weighted by atomic mass is 16.9. The Morgan fingerprint density at radius 3 is 1.98 bits per heavy atom. The number of hydrogen-bond donors (Lipinski definition) is 0. The minimum Gasteiger partial charge on any atom is -0.455 e. The fraction of sp³-hybridized carbons (Fsp3) is 0.606. The van der Waals surface area contributed by atoms with Crippen molar-refractivity contribution in [3.05, 3.63) is 65.8 Å². The van der Waals surface area contributed by atoms with Crippen molar-refractivity contribution >= 4 is 11.8 Å². The van der Waals surface area contributed by atoms with Crippen LogP contribution in [0.1, 0.15) is 109 Å². The van der Waals surface area contributed by atoms with Crippen molar-refractivity contribution in [2.24, 2.45) is 0 Å². The van der Waals surface area contributed by atoms with Crippen molar-refractivity contribution in [3.8, 4) is 11.5 Å². The minimum atomic E-state index is -1.75. The molecule has 0 radical (unpaired) electrons. The summed E-state index contributed by atoms with van der Waals surface area (Å²) in [5.41, 5.74) is 9.26. The molecule has 0 aromatic heterocycles. The molecule has 2 aromatic rings. The van der Waals surface area contributed by atoms with Gasteiger partial charge in [0.25, 0.3) is 0 Å². The first kappa shape index (κ1) is 27.1. The predicted octanol–water partition coefficient (Wildman–Crippen LogP) is 5.40. The Balaban J connectivity index is 0.000000680. The minimum absolute atomic E-state index is 0.0969. The fourth-order valence-corrected chi connectivity index (χ4v) is 7.85. The Bertz CT molecular complexity index is 1570. The van der Waals surface area contributed by atoms with E-state index in [2.05, 4.69) is 83.1 Å². The molecule has 40 heavy (non-hydrogen) atoms. The molecule has 7 rings (SSSR count). The van der Waals surface area contributed by atoms with Gasteiger partial charge in [0.15, 0.2) is 0 Å². The summed E-state index contributed by atoms with van der Waals surface area (Å²) in [5, 5.41) is 17.5. The van der Waals surface area contributed by atoms with Gasteiger partial charge in [0.2, 0.25) is 5.36 Å². The van der Waals surface area contributed by atoms with Gasteiger partial charge in [-0.3, -0.25) is 0 Å². The van der Waals surface area contributed by atoms with E-state index < -0.39 is 5.09 Å². The molecule has 0 N–H and O–H groups in total. The van der Waals surface area contributed by atoms with E-state index in [4.69, 9.17) is 20.1 Å². The van der Waals surface area contributed by atoms with Crippen LogP contribution in [0.25, 0.3) is 6.08 Å². The highest BCUT2D eigenvalue weighted by Gasteiger charge is 2.46. The van der Waals surface area contributed by atoms with Crippen molar-refractivity contribution in [3.63, 3.8) is 0 Å². The summed E-state index contributed by atoms with van der Waals surface area (Å²) in [4.78, 5) is 10.9. The fourth-order valence-electron chi connectivity index (χ4n) is 7.85. The summed E-state index contributed by atoms with van der Waals surface area (Å²) in [6.45, 7) is 24.1. The van der Waals surface area contributed by atoms with Crippen LogP contribution in [0.5, 0.6) is 11.5 Å². The number of benzene rings is 2. The molecule has 5 aliphatic heterocycles. The Morgan fingerprint density at radius 2 is 1.32 bits per heavy atom. The molecule has 0 atom stereocenters. The summed E-state index contributed by atoms with van der Waals surface area (Å²) in [5.74, 6) is 2.26. The standard InChI is InChI=1S/C33H43N2O.NO3/c1-30(2)9-13-34-15-11-32(5,6)24-26(34)22(30)18-20-17-21-19-23-27-25(29(21)36-28(20)24)33(7,8)12-16-35(27)14-10-31(23,3)4;2-1(3)4/h17-19H,9-16H2,1-8H3;/q+1;-1. The Morgan fingerprint density at radius 1 is 0.775 bits per heavy atom. The molecule has 0 aliphatic carbocycles. The predicted molar refractivity (Wildman–Crippen MR) is 160 cm³/mol. The van der Waals surface area contributed by atoms with E-state index in [1.807, 2.05) is 0 Å². The second-order valence-corrected chi connectivity index (χ2v) is 15.1. The lowest BCUT2D eigenvalue weighted by Crippen LogP contribution is -2.54. The second-order valence-electron chi connectivity index (χ2n) is 15.1. The molecular formula is C33H43N3O4. The van der Waals surface area contributed by atoms with Crippen LogP contribution in [0.3, 0.4) is 0 Å². The van der Waals surface area contributed by atoms with E-state index in [-0.39, 0.29) is 21.7 Å². The molecule has 214 valence electrons. The van der Waals surface area contributed by atoms with Gasteiger partial charge < -0.3 is 25.0 Å². The molecule has 5 aliphatic rings. The van der Waals surface area contributed by atoms with Crippen molar-refractivity contribution in [2.45, 2.75) is 103 Å². The van der Waals surface area contributed by atoms with Gasteiger partial charge >= 0.3 is 0 Å². The molecule has 0 saturated carbocycles. The van der Waals surface area contributed by atoms with Crippen LogP contribution in [0.15, 0.2) is 12.1 Å². The average molecular weight is 546 g/mol. The first-order valence-electron chi connectivity index (χ1n) is 14.8. The Labute approximate surface area is 237 Å². The van der Waals surface area contributed by atoms with Gasteiger partial charge in [-0.25, -0.2) is 4.58 Å². The number of ether oxygens (including phenoxy) is 1. The number of rotatable bonds is 0. The number of anilines is 1. The van der Waals surface area contributed by atoms with Crippen LogP contribution in [0.4, 0.5) is 5.69 Å². The van der Waals surface area contributed by atoms with Gasteiger partial charge in [0, 0.05) is 64.4 Å². The van der Waals surface area contributed by atoms with E-state index in [9.17, 15) is 0 Å². The normalized spacial score (nSPS) is 23.1. The number of nitrogens with zero attached hydrogens (tertiary/aromatic N) is 3. The molecule has 5 heterocycles. The first-order chi connectivity index (χ1) is 18.5. The van der Waals surface area contributed by atoms with Gasteiger partial charge in [-0.05, 0) is 47.4 Å². The van der Waals surface area contributed by atoms with Crippen molar-refractivity contribution in [1.29, 1.82) is 0 Å². The molecule has 0 fully saturated rings. The third-order valence-electron chi connectivity index (χ3n) is 10.5. The van der Waals surface area contributed by atoms with Crippen LogP contribution in [0.2, 0.25) is 0 Å². The maximum absolute atomic E-state index is 8.25.